The van der Waals surface area contributed by atoms with E-state index < -0.39 is 46.3 Å². The zero-order valence-corrected chi connectivity index (χ0v) is 17.3. The van der Waals surface area contributed by atoms with Gasteiger partial charge in [-0.3, -0.25) is 4.79 Å². The Morgan fingerprint density at radius 3 is 2.36 bits per heavy atom. The van der Waals surface area contributed by atoms with E-state index in [0.717, 1.165) is 12.0 Å². The molecule has 0 aromatic heterocycles. The van der Waals surface area contributed by atoms with Crippen molar-refractivity contribution < 1.29 is 30.0 Å². The molecule has 0 aromatic carbocycles. The molecule has 158 valence electrons. The molecule has 4 aliphatic rings. The quantitative estimate of drug-likeness (QED) is 0.397. The highest BCUT2D eigenvalue weighted by atomic mass is 16.6. The first kappa shape index (κ1) is 20.3. The lowest BCUT2D eigenvalue weighted by molar-refractivity contribution is -0.174. The number of hydrogen-bond donors (Lipinski definition) is 4. The minimum Gasteiger partial charge on any atom is -0.459 e. The average Bonchev–Trinajstić information content (AvgIpc) is 2.78. The molecule has 9 atom stereocenters. The zero-order chi connectivity index (χ0) is 20.9. The minimum absolute atomic E-state index is 0.0918. The Morgan fingerprint density at radius 2 is 1.75 bits per heavy atom. The molecule has 4 aliphatic carbocycles. The molecule has 0 unspecified atom stereocenters. The molecular formula is C22H34O6. The molecule has 4 rings (SSSR count). The highest BCUT2D eigenvalue weighted by Gasteiger charge is 2.72. The molecular weight excluding hydrogens is 360 g/mol. The van der Waals surface area contributed by atoms with E-state index in [9.17, 15) is 25.2 Å². The lowest BCUT2D eigenvalue weighted by Crippen LogP contribution is -2.57. The Labute approximate surface area is 166 Å². The first-order valence-corrected chi connectivity index (χ1v) is 10.5. The smallest absolute Gasteiger partial charge is 0.303 e. The fourth-order valence-electron chi connectivity index (χ4n) is 7.65. The van der Waals surface area contributed by atoms with E-state index in [1.165, 1.54) is 6.92 Å². The molecule has 4 fully saturated rings. The molecule has 4 N–H and O–H groups in total. The fraction of sp³-hybridized carbons (Fsp3) is 0.864. The number of esters is 1. The van der Waals surface area contributed by atoms with Crippen LogP contribution < -0.4 is 0 Å². The van der Waals surface area contributed by atoms with Gasteiger partial charge in [0.2, 0.25) is 0 Å². The summed E-state index contributed by atoms with van der Waals surface area (Å²) in [6.45, 7) is 11.2. The summed E-state index contributed by atoms with van der Waals surface area (Å²) in [6.07, 6.45) is -0.119. The number of rotatable bonds is 1. The number of hydrogen-bond acceptors (Lipinski definition) is 6. The Bertz CT molecular complexity index is 718. The second kappa shape index (κ2) is 5.81. The third-order valence-corrected chi connectivity index (χ3v) is 9.10. The van der Waals surface area contributed by atoms with Gasteiger partial charge < -0.3 is 25.2 Å². The monoisotopic (exact) mass is 394 g/mol. The molecule has 2 bridgehead atoms. The van der Waals surface area contributed by atoms with Crippen LogP contribution >= 0.6 is 0 Å². The SMILES string of the molecule is C=C1[C@@H]2CC[C@@H]3[C@@H](O)[C@@]2(C[C@@H](O)[C@@]2(O)[C@H]1C[C@H](O)C2(C)C)C[C@@]3(C)OC(C)=O. The summed E-state index contributed by atoms with van der Waals surface area (Å²) in [5, 5.41) is 45.0. The summed E-state index contributed by atoms with van der Waals surface area (Å²) in [5.41, 5.74) is -3.08. The van der Waals surface area contributed by atoms with Gasteiger partial charge in [0.05, 0.1) is 18.3 Å². The largest absolute Gasteiger partial charge is 0.459 e. The van der Waals surface area contributed by atoms with E-state index in [1.54, 1.807) is 13.8 Å². The Hall–Kier alpha value is -0.950. The second-order valence-electron chi connectivity index (χ2n) is 10.6. The van der Waals surface area contributed by atoms with Gasteiger partial charge in [-0.1, -0.05) is 26.0 Å². The minimum atomic E-state index is -1.51. The van der Waals surface area contributed by atoms with Crippen molar-refractivity contribution in [1.29, 1.82) is 0 Å². The van der Waals surface area contributed by atoms with Crippen molar-refractivity contribution in [3.05, 3.63) is 12.2 Å². The molecule has 4 saturated carbocycles. The molecule has 6 nitrogen and oxygen atoms in total. The maximum absolute atomic E-state index is 11.7. The van der Waals surface area contributed by atoms with Gasteiger partial charge in [-0.05, 0) is 44.9 Å². The van der Waals surface area contributed by atoms with E-state index >= 15 is 0 Å². The summed E-state index contributed by atoms with van der Waals surface area (Å²) in [7, 11) is 0. The Balaban J connectivity index is 1.81. The van der Waals surface area contributed by atoms with E-state index in [0.29, 0.717) is 19.3 Å². The summed E-state index contributed by atoms with van der Waals surface area (Å²) < 4.78 is 5.70. The van der Waals surface area contributed by atoms with Crippen molar-refractivity contribution in [3.63, 3.8) is 0 Å². The second-order valence-corrected chi connectivity index (χ2v) is 10.6. The lowest BCUT2D eigenvalue weighted by atomic mass is 9.61. The van der Waals surface area contributed by atoms with Crippen molar-refractivity contribution in [3.8, 4) is 0 Å². The van der Waals surface area contributed by atoms with Gasteiger partial charge in [0.1, 0.15) is 11.2 Å². The number of ether oxygens (including phenoxy) is 1. The predicted octanol–water partition coefficient (Wildman–Crippen LogP) is 1.54. The van der Waals surface area contributed by atoms with Gasteiger partial charge in [0.25, 0.3) is 0 Å². The average molecular weight is 395 g/mol. The van der Waals surface area contributed by atoms with Crippen LogP contribution in [0.5, 0.6) is 0 Å². The summed E-state index contributed by atoms with van der Waals surface area (Å²) in [4.78, 5) is 11.7. The van der Waals surface area contributed by atoms with E-state index in [1.807, 2.05) is 6.92 Å². The van der Waals surface area contributed by atoms with Crippen LogP contribution in [0.15, 0.2) is 12.2 Å². The maximum Gasteiger partial charge on any atom is 0.303 e. The molecule has 0 amide bonds. The van der Waals surface area contributed by atoms with Crippen LogP contribution in [0.25, 0.3) is 0 Å². The molecule has 0 saturated heterocycles. The normalized spacial score (nSPS) is 54.6. The van der Waals surface area contributed by atoms with Gasteiger partial charge in [-0.2, -0.15) is 0 Å². The lowest BCUT2D eigenvalue weighted by Gasteiger charge is -2.46. The highest BCUT2D eigenvalue weighted by molar-refractivity contribution is 5.66. The number of aliphatic hydroxyl groups excluding tert-OH is 3. The highest BCUT2D eigenvalue weighted by Crippen LogP contribution is 2.69. The Morgan fingerprint density at radius 1 is 1.11 bits per heavy atom. The van der Waals surface area contributed by atoms with Gasteiger partial charge in [-0.25, -0.2) is 0 Å². The van der Waals surface area contributed by atoms with E-state index in [2.05, 4.69) is 6.58 Å². The van der Waals surface area contributed by atoms with Gasteiger partial charge in [-0.15, -0.1) is 0 Å². The predicted molar refractivity (Wildman–Crippen MR) is 102 cm³/mol. The molecule has 6 heteroatoms. The van der Waals surface area contributed by atoms with Crippen molar-refractivity contribution in [1.82, 2.24) is 0 Å². The van der Waals surface area contributed by atoms with Crippen LogP contribution in [0.2, 0.25) is 0 Å². The van der Waals surface area contributed by atoms with Crippen LogP contribution in [0.4, 0.5) is 0 Å². The molecule has 0 aromatic rings. The van der Waals surface area contributed by atoms with Gasteiger partial charge in [0, 0.05) is 29.6 Å². The molecule has 0 radical (unpaired) electrons. The molecule has 0 heterocycles. The third-order valence-electron chi connectivity index (χ3n) is 9.10. The van der Waals surface area contributed by atoms with Crippen molar-refractivity contribution in [2.45, 2.75) is 89.3 Å². The third kappa shape index (κ3) is 2.21. The first-order valence-electron chi connectivity index (χ1n) is 10.5. The number of carbonyl (C=O) groups excluding carboxylic acids is 1. The topological polar surface area (TPSA) is 107 Å². The van der Waals surface area contributed by atoms with Crippen molar-refractivity contribution in [2.75, 3.05) is 0 Å². The standard InChI is InChI=1S/C22H34O6/c1-11-13-6-7-14-18(26)21(13,10-20(14,5)28-12(2)23)9-17(25)22(27)15(11)8-16(24)19(22,3)4/h13-18,24-27H,1,6-10H2,2-5H3/t13-,14+,15-,16-,17+,18+,20+,21-,22-/m0/s1. The number of carbonyl (C=O) groups is 1. The van der Waals surface area contributed by atoms with E-state index in [-0.39, 0.29) is 24.2 Å². The summed E-state index contributed by atoms with van der Waals surface area (Å²) in [6, 6.07) is 0. The van der Waals surface area contributed by atoms with Crippen LogP contribution in [-0.4, -0.2) is 55.9 Å². The molecule has 0 aliphatic heterocycles. The van der Waals surface area contributed by atoms with E-state index in [4.69, 9.17) is 4.74 Å². The first-order chi connectivity index (χ1) is 12.8. The summed E-state index contributed by atoms with van der Waals surface area (Å²) in [5.74, 6) is -1.09. The zero-order valence-electron chi connectivity index (χ0n) is 17.3. The van der Waals surface area contributed by atoms with Crippen LogP contribution in [0.1, 0.15) is 59.8 Å². The van der Waals surface area contributed by atoms with Gasteiger partial charge >= 0.3 is 5.97 Å². The van der Waals surface area contributed by atoms with Crippen LogP contribution in [0, 0.1) is 28.6 Å². The molecule has 1 spiro atoms. The fourth-order valence-corrected chi connectivity index (χ4v) is 7.65. The number of aliphatic hydroxyl groups is 4. The van der Waals surface area contributed by atoms with Crippen molar-refractivity contribution in [2.24, 2.45) is 28.6 Å². The maximum atomic E-state index is 11.7. The summed E-state index contributed by atoms with van der Waals surface area (Å²) >= 11 is 0. The Kier molecular flexibility index (Phi) is 4.22. The van der Waals surface area contributed by atoms with Crippen LogP contribution in [-0.2, 0) is 9.53 Å². The number of fused-ring (bicyclic) bond motifs is 2. The van der Waals surface area contributed by atoms with Gasteiger partial charge in [0.15, 0.2) is 0 Å². The van der Waals surface area contributed by atoms with Crippen molar-refractivity contribution >= 4 is 5.97 Å². The van der Waals surface area contributed by atoms with Crippen LogP contribution in [0.3, 0.4) is 0 Å². The molecule has 28 heavy (non-hydrogen) atoms.